The number of hydrogen-bond acceptors (Lipinski definition) is 1. The lowest BCUT2D eigenvalue weighted by atomic mass is 9.76. The maximum Gasteiger partial charge on any atom is 0.123 e. The van der Waals surface area contributed by atoms with E-state index in [-0.39, 0.29) is 10.8 Å². The van der Waals surface area contributed by atoms with E-state index in [4.69, 9.17) is 4.74 Å². The highest BCUT2D eigenvalue weighted by Crippen LogP contribution is 2.38. The third kappa shape index (κ3) is 3.77. The van der Waals surface area contributed by atoms with Crippen molar-refractivity contribution in [1.82, 2.24) is 0 Å². The molecule has 0 heterocycles. The Kier molecular flexibility index (Phi) is 5.68. The summed E-state index contributed by atoms with van der Waals surface area (Å²) in [6, 6.07) is 6.72. The number of rotatable bonds is 7. The number of benzene rings is 1. The van der Waals surface area contributed by atoms with E-state index in [0.29, 0.717) is 6.61 Å². The quantitative estimate of drug-likeness (QED) is 0.623. The van der Waals surface area contributed by atoms with E-state index in [9.17, 15) is 0 Å². The SMILES string of the molecule is [CH2]CCOc1ccc(C(C)(C)CC)cc1C(C)(C)CC. The molecule has 1 rings (SSSR count). The lowest BCUT2D eigenvalue weighted by Gasteiger charge is -2.30. The standard InChI is InChI=1S/C19H31O/c1-8-13-20-17-12-11-15(18(4,5)9-2)14-16(17)19(6,7)10-3/h11-12,14H,1,8-10,13H2,2-7H3. The molecular weight excluding hydrogens is 244 g/mol. The normalized spacial score (nSPS) is 12.6. The molecule has 0 amide bonds. The summed E-state index contributed by atoms with van der Waals surface area (Å²) in [4.78, 5) is 0. The summed E-state index contributed by atoms with van der Waals surface area (Å²) >= 11 is 0. The van der Waals surface area contributed by atoms with Crippen molar-refractivity contribution in [3.05, 3.63) is 36.2 Å². The zero-order valence-electron chi connectivity index (χ0n) is 14.2. The summed E-state index contributed by atoms with van der Waals surface area (Å²) in [5.74, 6) is 1.02. The van der Waals surface area contributed by atoms with Gasteiger partial charge in [-0.25, -0.2) is 0 Å². The van der Waals surface area contributed by atoms with Gasteiger partial charge in [-0.2, -0.15) is 0 Å². The zero-order valence-corrected chi connectivity index (χ0v) is 14.2. The minimum absolute atomic E-state index is 0.135. The van der Waals surface area contributed by atoms with Crippen LogP contribution in [0.4, 0.5) is 0 Å². The van der Waals surface area contributed by atoms with Crippen LogP contribution in [0, 0.1) is 6.92 Å². The van der Waals surface area contributed by atoms with Crippen molar-refractivity contribution in [2.45, 2.75) is 71.6 Å². The fourth-order valence-electron chi connectivity index (χ4n) is 2.18. The van der Waals surface area contributed by atoms with Crippen LogP contribution in [0.1, 0.15) is 71.9 Å². The first-order valence-electron chi connectivity index (χ1n) is 7.85. The Morgan fingerprint density at radius 2 is 1.60 bits per heavy atom. The van der Waals surface area contributed by atoms with Gasteiger partial charge >= 0.3 is 0 Å². The van der Waals surface area contributed by atoms with E-state index in [1.165, 1.54) is 11.1 Å². The first-order valence-corrected chi connectivity index (χ1v) is 7.85. The molecule has 0 aliphatic carbocycles. The van der Waals surface area contributed by atoms with Gasteiger partial charge in [0.1, 0.15) is 5.75 Å². The van der Waals surface area contributed by atoms with Gasteiger partial charge in [-0.1, -0.05) is 53.7 Å². The van der Waals surface area contributed by atoms with Crippen molar-refractivity contribution >= 4 is 0 Å². The zero-order chi connectivity index (χ0) is 15.4. The van der Waals surface area contributed by atoms with Crippen molar-refractivity contribution in [3.8, 4) is 5.75 Å². The lowest BCUT2D eigenvalue weighted by molar-refractivity contribution is 0.311. The molecule has 20 heavy (non-hydrogen) atoms. The van der Waals surface area contributed by atoms with Gasteiger partial charge in [0.25, 0.3) is 0 Å². The van der Waals surface area contributed by atoms with E-state index in [2.05, 4.69) is 66.7 Å². The fourth-order valence-corrected chi connectivity index (χ4v) is 2.18. The van der Waals surface area contributed by atoms with E-state index < -0.39 is 0 Å². The second-order valence-corrected chi connectivity index (χ2v) is 6.89. The van der Waals surface area contributed by atoms with Gasteiger partial charge < -0.3 is 4.74 Å². The molecule has 0 N–H and O–H groups in total. The molecule has 0 saturated carbocycles. The van der Waals surface area contributed by atoms with Crippen LogP contribution in [-0.2, 0) is 10.8 Å². The average Bonchev–Trinajstić information content (AvgIpc) is 2.44. The Morgan fingerprint density at radius 3 is 2.10 bits per heavy atom. The summed E-state index contributed by atoms with van der Waals surface area (Å²) in [5, 5.41) is 0. The Labute approximate surface area is 125 Å². The smallest absolute Gasteiger partial charge is 0.123 e. The Hall–Kier alpha value is -0.980. The second-order valence-electron chi connectivity index (χ2n) is 6.89. The van der Waals surface area contributed by atoms with Crippen LogP contribution < -0.4 is 4.74 Å². The van der Waals surface area contributed by atoms with Crippen LogP contribution in [0.2, 0.25) is 0 Å². The third-order valence-electron chi connectivity index (χ3n) is 4.66. The maximum absolute atomic E-state index is 5.91. The molecule has 1 nitrogen and oxygen atoms in total. The summed E-state index contributed by atoms with van der Waals surface area (Å²) in [6.45, 7) is 18.2. The Balaban J connectivity index is 3.29. The predicted molar refractivity (Wildman–Crippen MR) is 88.5 cm³/mol. The molecule has 0 saturated heterocycles. The third-order valence-corrected chi connectivity index (χ3v) is 4.66. The Bertz CT molecular complexity index is 429. The van der Waals surface area contributed by atoms with Crippen molar-refractivity contribution < 1.29 is 4.74 Å². The highest BCUT2D eigenvalue weighted by molar-refractivity contribution is 5.44. The molecule has 0 aliphatic rings. The first-order chi connectivity index (χ1) is 9.28. The van der Waals surface area contributed by atoms with Crippen molar-refractivity contribution in [3.63, 3.8) is 0 Å². The molecule has 1 aromatic carbocycles. The largest absolute Gasteiger partial charge is 0.493 e. The molecule has 0 fully saturated rings. The summed E-state index contributed by atoms with van der Waals surface area (Å²) in [7, 11) is 0. The van der Waals surface area contributed by atoms with Crippen molar-refractivity contribution in [2.75, 3.05) is 6.61 Å². The Morgan fingerprint density at radius 1 is 1.00 bits per heavy atom. The fraction of sp³-hybridized carbons (Fsp3) is 0.632. The van der Waals surface area contributed by atoms with Crippen molar-refractivity contribution in [1.29, 1.82) is 0 Å². The molecular formula is C19H31O. The molecule has 0 aliphatic heterocycles. The van der Waals surface area contributed by atoms with Crippen LogP contribution in [0.5, 0.6) is 5.75 Å². The highest BCUT2D eigenvalue weighted by atomic mass is 16.5. The molecule has 1 heteroatoms. The summed E-state index contributed by atoms with van der Waals surface area (Å²) in [6.07, 6.45) is 3.04. The monoisotopic (exact) mass is 275 g/mol. The van der Waals surface area contributed by atoms with Crippen LogP contribution >= 0.6 is 0 Å². The van der Waals surface area contributed by atoms with Crippen molar-refractivity contribution in [2.24, 2.45) is 0 Å². The average molecular weight is 275 g/mol. The number of ether oxygens (including phenoxy) is 1. The minimum atomic E-state index is 0.135. The van der Waals surface area contributed by atoms with Gasteiger partial charge in [0.05, 0.1) is 6.61 Å². The topological polar surface area (TPSA) is 9.23 Å². The molecule has 0 bridgehead atoms. The predicted octanol–water partition coefficient (Wildman–Crippen LogP) is 5.66. The molecule has 0 unspecified atom stereocenters. The lowest BCUT2D eigenvalue weighted by Crippen LogP contribution is -2.21. The van der Waals surface area contributed by atoms with Gasteiger partial charge in [0, 0.05) is 5.56 Å². The van der Waals surface area contributed by atoms with Gasteiger partial charge in [0.2, 0.25) is 0 Å². The molecule has 0 spiro atoms. The van der Waals surface area contributed by atoms with Gasteiger partial charge in [-0.15, -0.1) is 0 Å². The molecule has 0 atom stereocenters. The molecule has 0 aromatic heterocycles. The molecule has 1 radical (unpaired) electrons. The maximum atomic E-state index is 5.91. The van der Waals surface area contributed by atoms with E-state index >= 15 is 0 Å². The van der Waals surface area contributed by atoms with Crippen LogP contribution in [0.3, 0.4) is 0 Å². The van der Waals surface area contributed by atoms with E-state index in [1.54, 1.807) is 0 Å². The van der Waals surface area contributed by atoms with Gasteiger partial charge in [0.15, 0.2) is 0 Å². The highest BCUT2D eigenvalue weighted by Gasteiger charge is 2.26. The van der Waals surface area contributed by atoms with Gasteiger partial charge in [-0.3, -0.25) is 0 Å². The van der Waals surface area contributed by atoms with Crippen LogP contribution in [0.25, 0.3) is 0 Å². The number of hydrogen-bond donors (Lipinski definition) is 0. The van der Waals surface area contributed by atoms with E-state index in [1.807, 2.05) is 0 Å². The van der Waals surface area contributed by atoms with Crippen LogP contribution in [-0.4, -0.2) is 6.61 Å². The van der Waals surface area contributed by atoms with Gasteiger partial charge in [-0.05, 0) is 48.6 Å². The summed E-state index contributed by atoms with van der Waals surface area (Å²) in [5.41, 5.74) is 3.07. The molecule has 113 valence electrons. The van der Waals surface area contributed by atoms with Crippen LogP contribution in [0.15, 0.2) is 18.2 Å². The minimum Gasteiger partial charge on any atom is -0.493 e. The van der Waals surface area contributed by atoms with E-state index in [0.717, 1.165) is 25.0 Å². The summed E-state index contributed by atoms with van der Waals surface area (Å²) < 4.78 is 5.91. The second kappa shape index (κ2) is 6.65. The molecule has 1 aromatic rings. The first kappa shape index (κ1) is 17.1.